The molecule has 2 aliphatic heterocycles. The lowest BCUT2D eigenvalue weighted by Crippen LogP contribution is -2.40. The lowest BCUT2D eigenvalue weighted by molar-refractivity contribution is -0.117. The number of carbonyl (C=O) groups is 2. The summed E-state index contributed by atoms with van der Waals surface area (Å²) < 4.78 is 2.22. The van der Waals surface area contributed by atoms with Gasteiger partial charge in [0, 0.05) is 25.6 Å². The van der Waals surface area contributed by atoms with Crippen LogP contribution in [-0.4, -0.2) is 41.0 Å². The highest BCUT2D eigenvalue weighted by atomic mass is 32.1. The van der Waals surface area contributed by atoms with Gasteiger partial charge in [-0.05, 0) is 61.9 Å². The molecular weight excluding hydrogens is 410 g/mol. The minimum absolute atomic E-state index is 0.135. The number of nitrogens with one attached hydrogen (secondary N) is 2. The van der Waals surface area contributed by atoms with Gasteiger partial charge in [0.2, 0.25) is 11.9 Å². The number of thiophene rings is 1. The number of anilines is 2. The van der Waals surface area contributed by atoms with Crippen LogP contribution in [0, 0.1) is 5.41 Å². The van der Waals surface area contributed by atoms with Gasteiger partial charge < -0.3 is 14.8 Å². The number of aromatic nitrogens is 2. The van der Waals surface area contributed by atoms with E-state index in [1.54, 1.807) is 11.0 Å². The van der Waals surface area contributed by atoms with Crippen molar-refractivity contribution in [1.29, 1.82) is 0 Å². The molecule has 2 aromatic heterocycles. The van der Waals surface area contributed by atoms with Crippen LogP contribution in [-0.2, 0) is 4.79 Å². The van der Waals surface area contributed by atoms with Crippen LogP contribution in [0.25, 0.3) is 11.0 Å². The molecule has 3 fully saturated rings. The zero-order valence-corrected chi connectivity index (χ0v) is 18.1. The van der Waals surface area contributed by atoms with E-state index in [2.05, 4.69) is 21.3 Å². The minimum atomic E-state index is -0.170. The van der Waals surface area contributed by atoms with Crippen molar-refractivity contribution in [3.05, 3.63) is 41.3 Å². The van der Waals surface area contributed by atoms with Crippen LogP contribution in [0.2, 0.25) is 0 Å². The molecule has 0 unspecified atom stereocenters. The number of imidazole rings is 1. The molecule has 1 aromatic carbocycles. The zero-order valence-electron chi connectivity index (χ0n) is 17.3. The molecule has 1 aliphatic carbocycles. The number of fused-ring (bicyclic) bond motifs is 1. The molecule has 4 heterocycles. The van der Waals surface area contributed by atoms with E-state index in [0.29, 0.717) is 28.7 Å². The van der Waals surface area contributed by atoms with E-state index in [9.17, 15) is 9.59 Å². The van der Waals surface area contributed by atoms with E-state index in [1.165, 1.54) is 17.8 Å². The van der Waals surface area contributed by atoms with Gasteiger partial charge in [-0.25, -0.2) is 4.98 Å². The lowest BCUT2D eigenvalue weighted by atomic mass is 9.65. The third-order valence-electron chi connectivity index (χ3n) is 7.01. The van der Waals surface area contributed by atoms with Crippen LogP contribution in [0.5, 0.6) is 0 Å². The van der Waals surface area contributed by atoms with E-state index in [4.69, 9.17) is 4.98 Å². The number of carbonyl (C=O) groups excluding carboxylic acids is 2. The van der Waals surface area contributed by atoms with Crippen molar-refractivity contribution in [3.63, 3.8) is 0 Å². The van der Waals surface area contributed by atoms with Crippen molar-refractivity contribution in [2.24, 2.45) is 5.41 Å². The Morgan fingerprint density at radius 3 is 2.87 bits per heavy atom. The standard InChI is InChI=1S/C23H25N5O2S/c29-19-6-3-11-27(19)20-8-7-18(31-20)21(30)26-22-25-16-4-1-2-5-17(16)28(22)15-12-23(13-15)9-10-24-14-23/h1-2,4-5,7-8,15,24H,3,6,9-14H2,(H,25,26,30)/t15-,23-. The highest BCUT2D eigenvalue weighted by Crippen LogP contribution is 2.53. The molecule has 160 valence electrons. The van der Waals surface area contributed by atoms with Crippen LogP contribution >= 0.6 is 11.3 Å². The topological polar surface area (TPSA) is 79.3 Å². The molecule has 1 spiro atoms. The Morgan fingerprint density at radius 2 is 2.10 bits per heavy atom. The van der Waals surface area contributed by atoms with Crippen molar-refractivity contribution >= 4 is 45.1 Å². The number of hydrogen-bond acceptors (Lipinski definition) is 5. The van der Waals surface area contributed by atoms with Crippen LogP contribution in [0.4, 0.5) is 10.9 Å². The second-order valence-electron chi connectivity index (χ2n) is 9.02. The summed E-state index contributed by atoms with van der Waals surface area (Å²) in [4.78, 5) is 32.2. The van der Waals surface area contributed by atoms with E-state index >= 15 is 0 Å². The van der Waals surface area contributed by atoms with E-state index < -0.39 is 0 Å². The molecular formula is C23H25N5O2S. The molecule has 31 heavy (non-hydrogen) atoms. The summed E-state index contributed by atoms with van der Waals surface area (Å²) in [5, 5.41) is 7.40. The number of benzene rings is 1. The first-order valence-corrected chi connectivity index (χ1v) is 11.8. The van der Waals surface area contributed by atoms with Gasteiger partial charge in [-0.2, -0.15) is 0 Å². The Kier molecular flexibility index (Phi) is 4.40. The smallest absolute Gasteiger partial charge is 0.268 e. The first-order chi connectivity index (χ1) is 15.1. The maximum absolute atomic E-state index is 13.1. The van der Waals surface area contributed by atoms with Crippen molar-refractivity contribution in [2.45, 2.75) is 38.1 Å². The Balaban J connectivity index is 1.27. The Bertz CT molecular complexity index is 1170. The molecule has 3 aromatic rings. The van der Waals surface area contributed by atoms with Crippen molar-refractivity contribution in [3.8, 4) is 0 Å². The second-order valence-corrected chi connectivity index (χ2v) is 10.1. The SMILES string of the molecule is O=C(Nc1nc2ccccc2n1[C@H]1C[C@@]2(CCNC2)C1)c1ccc(N2CCCC2=O)s1. The van der Waals surface area contributed by atoms with Gasteiger partial charge in [-0.1, -0.05) is 12.1 Å². The number of para-hydroxylation sites is 2. The summed E-state index contributed by atoms with van der Waals surface area (Å²) >= 11 is 1.37. The predicted octanol–water partition coefficient (Wildman–Crippen LogP) is 3.79. The zero-order chi connectivity index (χ0) is 21.0. The maximum Gasteiger partial charge on any atom is 0.268 e. The molecule has 0 radical (unpaired) electrons. The van der Waals surface area contributed by atoms with E-state index in [-0.39, 0.29) is 11.8 Å². The summed E-state index contributed by atoms with van der Waals surface area (Å²) in [6.07, 6.45) is 4.92. The molecule has 8 heteroatoms. The van der Waals surface area contributed by atoms with Gasteiger partial charge in [-0.3, -0.25) is 14.9 Å². The molecule has 2 N–H and O–H groups in total. The summed E-state index contributed by atoms with van der Waals surface area (Å²) in [5.41, 5.74) is 2.37. The fraction of sp³-hybridized carbons (Fsp3) is 0.435. The minimum Gasteiger partial charge on any atom is -0.316 e. The Labute approximate surface area is 184 Å². The first-order valence-electron chi connectivity index (χ1n) is 11.0. The normalized spacial score (nSPS) is 25.5. The largest absolute Gasteiger partial charge is 0.316 e. The van der Waals surface area contributed by atoms with Crippen LogP contribution < -0.4 is 15.5 Å². The van der Waals surface area contributed by atoms with Crippen molar-refractivity contribution in [1.82, 2.24) is 14.9 Å². The lowest BCUT2D eigenvalue weighted by Gasteiger charge is -2.46. The van der Waals surface area contributed by atoms with Crippen molar-refractivity contribution < 1.29 is 9.59 Å². The molecule has 0 bridgehead atoms. The second kappa shape index (κ2) is 7.17. The summed E-state index contributed by atoms with van der Waals surface area (Å²) in [6, 6.07) is 12.1. The first kappa shape index (κ1) is 19.0. The van der Waals surface area contributed by atoms with Gasteiger partial charge in [0.25, 0.3) is 5.91 Å². The monoisotopic (exact) mass is 435 g/mol. The maximum atomic E-state index is 13.1. The van der Waals surface area contributed by atoms with Gasteiger partial charge in [0.15, 0.2) is 0 Å². The molecule has 1 saturated carbocycles. The summed E-state index contributed by atoms with van der Waals surface area (Å²) in [6.45, 7) is 2.92. The molecule has 7 nitrogen and oxygen atoms in total. The highest BCUT2D eigenvalue weighted by molar-refractivity contribution is 7.18. The fourth-order valence-electron chi connectivity index (χ4n) is 5.41. The van der Waals surface area contributed by atoms with E-state index in [1.807, 2.05) is 24.3 Å². The number of hydrogen-bond donors (Lipinski definition) is 2. The van der Waals surface area contributed by atoms with Gasteiger partial charge >= 0.3 is 0 Å². The van der Waals surface area contributed by atoms with Gasteiger partial charge in [0.1, 0.15) is 0 Å². The number of nitrogens with zero attached hydrogens (tertiary/aromatic N) is 3. The average molecular weight is 436 g/mol. The van der Waals surface area contributed by atoms with Crippen LogP contribution in [0.1, 0.15) is 47.8 Å². The molecule has 0 atom stereocenters. The third-order valence-corrected chi connectivity index (χ3v) is 8.12. The summed E-state index contributed by atoms with van der Waals surface area (Å²) in [7, 11) is 0. The number of rotatable bonds is 4. The van der Waals surface area contributed by atoms with Crippen molar-refractivity contribution in [2.75, 3.05) is 29.9 Å². The average Bonchev–Trinajstić information content (AvgIpc) is 3.52. The third kappa shape index (κ3) is 3.16. The fourth-order valence-corrected chi connectivity index (χ4v) is 6.35. The van der Waals surface area contributed by atoms with Gasteiger partial charge in [-0.15, -0.1) is 11.3 Å². The number of amides is 2. The Morgan fingerprint density at radius 1 is 1.23 bits per heavy atom. The predicted molar refractivity (Wildman–Crippen MR) is 122 cm³/mol. The quantitative estimate of drug-likeness (QED) is 0.654. The van der Waals surface area contributed by atoms with Gasteiger partial charge in [0.05, 0.1) is 20.9 Å². The summed E-state index contributed by atoms with van der Waals surface area (Å²) in [5.74, 6) is 0.580. The highest BCUT2D eigenvalue weighted by Gasteiger charge is 2.47. The van der Waals surface area contributed by atoms with Crippen LogP contribution in [0.3, 0.4) is 0 Å². The molecule has 3 aliphatic rings. The van der Waals surface area contributed by atoms with Crippen LogP contribution in [0.15, 0.2) is 36.4 Å². The molecule has 2 saturated heterocycles. The van der Waals surface area contributed by atoms with E-state index in [0.717, 1.165) is 54.9 Å². The Hall–Kier alpha value is -2.71. The molecule has 2 amide bonds. The molecule has 6 rings (SSSR count).